The van der Waals surface area contributed by atoms with Crippen LogP contribution in [0.25, 0.3) is 0 Å². The van der Waals surface area contributed by atoms with Crippen molar-refractivity contribution in [2.75, 3.05) is 25.0 Å². The molecule has 3 N–H and O–H groups in total. The Kier molecular flexibility index (Phi) is 6.14. The standard InChI is InChI=1S/C19H24N4O3/c1-2-20-19(22-13-16-4-3-10-25-16)21-9-11-26-15-6-7-17-14(12-15)5-8-18(24)23-17/h3-4,6-7,10,12H,2,5,8-9,11,13H2,1H3,(H,23,24)(H2,20,21,22). The maximum atomic E-state index is 11.4. The van der Waals surface area contributed by atoms with Gasteiger partial charge in [0.15, 0.2) is 5.96 Å². The third-order valence-electron chi connectivity index (χ3n) is 3.95. The molecule has 138 valence electrons. The summed E-state index contributed by atoms with van der Waals surface area (Å²) in [5.74, 6) is 2.42. The van der Waals surface area contributed by atoms with Crippen molar-refractivity contribution in [3.63, 3.8) is 0 Å². The third kappa shape index (κ3) is 5.02. The molecule has 2 aromatic rings. The zero-order valence-electron chi connectivity index (χ0n) is 14.9. The molecule has 1 aliphatic rings. The highest BCUT2D eigenvalue weighted by Gasteiger charge is 2.14. The highest BCUT2D eigenvalue weighted by Crippen LogP contribution is 2.26. The number of nitrogens with one attached hydrogen (secondary N) is 3. The number of furan rings is 1. The lowest BCUT2D eigenvalue weighted by molar-refractivity contribution is -0.116. The van der Waals surface area contributed by atoms with E-state index < -0.39 is 0 Å². The van der Waals surface area contributed by atoms with Gasteiger partial charge in [0, 0.05) is 18.7 Å². The minimum atomic E-state index is 0.0696. The summed E-state index contributed by atoms with van der Waals surface area (Å²) in [5.41, 5.74) is 2.00. The van der Waals surface area contributed by atoms with Crippen molar-refractivity contribution < 1.29 is 13.9 Å². The van der Waals surface area contributed by atoms with Crippen LogP contribution in [0.1, 0.15) is 24.7 Å². The molecule has 2 heterocycles. The van der Waals surface area contributed by atoms with Crippen LogP contribution >= 0.6 is 0 Å². The Morgan fingerprint density at radius 2 is 2.23 bits per heavy atom. The van der Waals surface area contributed by atoms with E-state index in [2.05, 4.69) is 20.9 Å². The Morgan fingerprint density at radius 3 is 3.04 bits per heavy atom. The van der Waals surface area contributed by atoms with E-state index in [-0.39, 0.29) is 5.91 Å². The Bertz CT molecular complexity index is 756. The van der Waals surface area contributed by atoms with Gasteiger partial charge in [-0.2, -0.15) is 0 Å². The largest absolute Gasteiger partial charge is 0.492 e. The van der Waals surface area contributed by atoms with E-state index in [9.17, 15) is 4.79 Å². The predicted molar refractivity (Wildman–Crippen MR) is 100 cm³/mol. The average molecular weight is 356 g/mol. The molecule has 0 radical (unpaired) electrons. The summed E-state index contributed by atoms with van der Waals surface area (Å²) in [6.45, 7) is 4.42. The van der Waals surface area contributed by atoms with Crippen molar-refractivity contribution in [2.24, 2.45) is 4.99 Å². The van der Waals surface area contributed by atoms with Crippen molar-refractivity contribution in [2.45, 2.75) is 26.3 Å². The Hall–Kier alpha value is -2.96. The highest BCUT2D eigenvalue weighted by molar-refractivity contribution is 5.94. The van der Waals surface area contributed by atoms with Gasteiger partial charge in [-0.3, -0.25) is 4.79 Å². The number of amides is 1. The number of carbonyl (C=O) groups is 1. The molecule has 1 amide bonds. The maximum Gasteiger partial charge on any atom is 0.224 e. The summed E-state index contributed by atoms with van der Waals surface area (Å²) in [4.78, 5) is 15.9. The smallest absolute Gasteiger partial charge is 0.224 e. The molecule has 0 atom stereocenters. The summed E-state index contributed by atoms with van der Waals surface area (Å²) in [6, 6.07) is 9.51. The summed E-state index contributed by atoms with van der Waals surface area (Å²) >= 11 is 0. The monoisotopic (exact) mass is 356 g/mol. The molecule has 0 fully saturated rings. The summed E-state index contributed by atoms with van der Waals surface area (Å²) in [7, 11) is 0. The molecule has 1 aliphatic heterocycles. The van der Waals surface area contributed by atoms with E-state index in [1.807, 2.05) is 37.3 Å². The van der Waals surface area contributed by atoms with Gasteiger partial charge in [-0.05, 0) is 49.2 Å². The Balaban J connectivity index is 1.46. The van der Waals surface area contributed by atoms with Gasteiger partial charge >= 0.3 is 0 Å². The molecule has 0 saturated heterocycles. The van der Waals surface area contributed by atoms with Crippen LogP contribution in [0.15, 0.2) is 46.0 Å². The van der Waals surface area contributed by atoms with Gasteiger partial charge in [0.2, 0.25) is 5.91 Å². The van der Waals surface area contributed by atoms with Crippen LogP contribution in [0, 0.1) is 0 Å². The molecule has 0 bridgehead atoms. The van der Waals surface area contributed by atoms with Crippen LogP contribution < -0.4 is 20.7 Å². The number of hydrogen-bond donors (Lipinski definition) is 3. The summed E-state index contributed by atoms with van der Waals surface area (Å²) < 4.78 is 11.1. The van der Waals surface area contributed by atoms with Crippen LogP contribution in [0.5, 0.6) is 5.75 Å². The van der Waals surface area contributed by atoms with E-state index in [0.29, 0.717) is 26.1 Å². The summed E-state index contributed by atoms with van der Waals surface area (Å²) in [5, 5.41) is 9.30. The number of carbonyl (C=O) groups excluding carboxylic acids is 1. The van der Waals surface area contributed by atoms with Gasteiger partial charge in [-0.15, -0.1) is 0 Å². The van der Waals surface area contributed by atoms with Crippen LogP contribution in [0.2, 0.25) is 0 Å². The first-order valence-corrected chi connectivity index (χ1v) is 8.84. The van der Waals surface area contributed by atoms with Crippen molar-refractivity contribution in [3.8, 4) is 5.75 Å². The number of anilines is 1. The van der Waals surface area contributed by atoms with Crippen molar-refractivity contribution in [3.05, 3.63) is 47.9 Å². The second-order valence-corrected chi connectivity index (χ2v) is 5.92. The molecule has 7 heteroatoms. The predicted octanol–water partition coefficient (Wildman–Crippen LogP) is 2.30. The Labute approximate surface area is 152 Å². The van der Waals surface area contributed by atoms with E-state index in [0.717, 1.165) is 41.7 Å². The molecule has 0 unspecified atom stereocenters. The molecular weight excluding hydrogens is 332 g/mol. The second kappa shape index (κ2) is 8.94. The molecule has 3 rings (SSSR count). The SMILES string of the molecule is CCNC(=NCc1ccco1)NCCOc1ccc2c(c1)CCC(=O)N2. The number of fused-ring (bicyclic) bond motifs is 1. The topological polar surface area (TPSA) is 87.9 Å². The molecule has 26 heavy (non-hydrogen) atoms. The van der Waals surface area contributed by atoms with E-state index in [4.69, 9.17) is 9.15 Å². The fraction of sp³-hybridized carbons (Fsp3) is 0.368. The normalized spacial score (nSPS) is 13.7. The van der Waals surface area contributed by atoms with E-state index in [1.54, 1.807) is 6.26 Å². The lowest BCUT2D eigenvalue weighted by Gasteiger charge is -2.18. The fourth-order valence-electron chi connectivity index (χ4n) is 2.69. The van der Waals surface area contributed by atoms with Crippen LogP contribution in [0.3, 0.4) is 0 Å². The first-order valence-electron chi connectivity index (χ1n) is 8.84. The number of nitrogens with zero attached hydrogens (tertiary/aromatic N) is 1. The molecule has 0 spiro atoms. The number of aliphatic imine (C=N–C) groups is 1. The van der Waals surface area contributed by atoms with Gasteiger partial charge in [0.05, 0.1) is 12.8 Å². The van der Waals surface area contributed by atoms with Crippen LogP contribution in [-0.4, -0.2) is 31.6 Å². The molecule has 0 saturated carbocycles. The lowest BCUT2D eigenvalue weighted by atomic mass is 10.0. The second-order valence-electron chi connectivity index (χ2n) is 5.92. The molecule has 0 aliphatic carbocycles. The van der Waals surface area contributed by atoms with E-state index >= 15 is 0 Å². The number of benzene rings is 1. The van der Waals surface area contributed by atoms with Gasteiger partial charge in [-0.25, -0.2) is 4.99 Å². The molecule has 1 aromatic heterocycles. The van der Waals surface area contributed by atoms with Gasteiger partial charge in [0.1, 0.15) is 24.7 Å². The van der Waals surface area contributed by atoms with Gasteiger partial charge in [-0.1, -0.05) is 0 Å². The van der Waals surface area contributed by atoms with E-state index in [1.165, 1.54) is 0 Å². The van der Waals surface area contributed by atoms with Gasteiger partial charge in [0.25, 0.3) is 0 Å². The van der Waals surface area contributed by atoms with Crippen molar-refractivity contribution in [1.29, 1.82) is 0 Å². The number of hydrogen-bond acceptors (Lipinski definition) is 4. The molecular formula is C19H24N4O3. The quantitative estimate of drug-likeness (QED) is 0.402. The number of rotatable bonds is 7. The van der Waals surface area contributed by atoms with Crippen LogP contribution in [-0.2, 0) is 17.8 Å². The maximum absolute atomic E-state index is 11.4. The van der Waals surface area contributed by atoms with Crippen molar-refractivity contribution >= 4 is 17.6 Å². The minimum Gasteiger partial charge on any atom is -0.492 e. The van der Waals surface area contributed by atoms with Crippen molar-refractivity contribution in [1.82, 2.24) is 10.6 Å². The zero-order valence-corrected chi connectivity index (χ0v) is 14.9. The minimum absolute atomic E-state index is 0.0696. The number of guanidine groups is 1. The van der Waals surface area contributed by atoms with Crippen LogP contribution in [0.4, 0.5) is 5.69 Å². The first-order chi connectivity index (χ1) is 12.7. The number of aryl methyl sites for hydroxylation is 1. The van der Waals surface area contributed by atoms with Gasteiger partial charge < -0.3 is 25.1 Å². The third-order valence-corrected chi connectivity index (χ3v) is 3.95. The molecule has 1 aromatic carbocycles. The lowest BCUT2D eigenvalue weighted by Crippen LogP contribution is -2.39. The highest BCUT2D eigenvalue weighted by atomic mass is 16.5. The zero-order chi connectivity index (χ0) is 18.2. The first kappa shape index (κ1) is 17.8. The average Bonchev–Trinajstić information content (AvgIpc) is 3.16. The molecule has 7 nitrogen and oxygen atoms in total. The summed E-state index contributed by atoms with van der Waals surface area (Å²) in [6.07, 6.45) is 2.92. The Morgan fingerprint density at radius 1 is 1.31 bits per heavy atom. The fourth-order valence-corrected chi connectivity index (χ4v) is 2.69. The number of ether oxygens (including phenoxy) is 1.